The van der Waals surface area contributed by atoms with Gasteiger partial charge in [-0.1, -0.05) is 18.2 Å². The van der Waals surface area contributed by atoms with Gasteiger partial charge < -0.3 is 9.47 Å². The smallest absolute Gasteiger partial charge is 0.119 e. The molecule has 0 radical (unpaired) electrons. The van der Waals surface area contributed by atoms with Crippen LogP contribution in [-0.2, 0) is 17.8 Å². The number of aromatic nitrogens is 2. The molecular weight excluding hydrogens is 338 g/mol. The fraction of sp³-hybridized carbons (Fsp3) is 0.409. The van der Waals surface area contributed by atoms with Crippen LogP contribution in [0.25, 0.3) is 10.8 Å². The minimum Gasteiger partial charge on any atom is -0.497 e. The molecule has 1 atom stereocenters. The predicted molar refractivity (Wildman–Crippen MR) is 107 cm³/mol. The number of methoxy groups -OCH3 is 1. The molecule has 27 heavy (non-hydrogen) atoms. The normalized spacial score (nSPS) is 18.1. The highest BCUT2D eigenvalue weighted by Crippen LogP contribution is 2.28. The van der Waals surface area contributed by atoms with Gasteiger partial charge in [0.15, 0.2) is 0 Å². The molecule has 4 rings (SSSR count). The Hall–Kier alpha value is -2.37. The first-order valence-corrected chi connectivity index (χ1v) is 9.61. The van der Waals surface area contributed by atoms with Crippen molar-refractivity contribution >= 4 is 10.8 Å². The Bertz CT molecular complexity index is 934. The maximum atomic E-state index is 6.10. The second-order valence-corrected chi connectivity index (χ2v) is 7.14. The first-order chi connectivity index (χ1) is 13.2. The summed E-state index contributed by atoms with van der Waals surface area (Å²) in [4.78, 5) is 2.47. The van der Waals surface area contributed by atoms with Crippen molar-refractivity contribution in [3.8, 4) is 5.75 Å². The zero-order valence-electron chi connectivity index (χ0n) is 16.3. The van der Waals surface area contributed by atoms with Crippen molar-refractivity contribution in [2.24, 2.45) is 0 Å². The average molecular weight is 365 g/mol. The molecule has 1 fully saturated rings. The van der Waals surface area contributed by atoms with E-state index in [-0.39, 0.29) is 6.10 Å². The molecule has 0 unspecified atom stereocenters. The Morgan fingerprint density at radius 3 is 2.78 bits per heavy atom. The summed E-state index contributed by atoms with van der Waals surface area (Å²) in [5.41, 5.74) is 3.81. The number of morpholine rings is 1. The third-order valence-electron chi connectivity index (χ3n) is 5.49. The summed E-state index contributed by atoms with van der Waals surface area (Å²) >= 11 is 0. The Morgan fingerprint density at radius 1 is 1.19 bits per heavy atom. The van der Waals surface area contributed by atoms with Crippen molar-refractivity contribution in [2.45, 2.75) is 33.0 Å². The minimum atomic E-state index is 0.103. The Labute approximate surface area is 160 Å². The summed E-state index contributed by atoms with van der Waals surface area (Å²) in [5, 5.41) is 6.88. The molecule has 0 N–H and O–H groups in total. The number of rotatable bonds is 5. The maximum absolute atomic E-state index is 6.10. The van der Waals surface area contributed by atoms with Crippen LogP contribution in [0.1, 0.15) is 29.8 Å². The van der Waals surface area contributed by atoms with Gasteiger partial charge in [-0.2, -0.15) is 5.10 Å². The zero-order valence-corrected chi connectivity index (χ0v) is 16.3. The highest BCUT2D eigenvalue weighted by molar-refractivity contribution is 5.84. The number of hydrogen-bond acceptors (Lipinski definition) is 4. The van der Waals surface area contributed by atoms with Crippen LogP contribution in [0.3, 0.4) is 0 Å². The van der Waals surface area contributed by atoms with Gasteiger partial charge in [0.05, 0.1) is 26.0 Å². The topological polar surface area (TPSA) is 39.5 Å². The molecular formula is C22H27N3O2. The number of ether oxygens (including phenoxy) is 2. The van der Waals surface area contributed by atoms with Crippen LogP contribution in [0.4, 0.5) is 0 Å². The van der Waals surface area contributed by atoms with Crippen molar-refractivity contribution in [1.29, 1.82) is 0 Å². The lowest BCUT2D eigenvalue weighted by atomic mass is 10.0. The van der Waals surface area contributed by atoms with E-state index in [0.29, 0.717) is 0 Å². The van der Waals surface area contributed by atoms with Gasteiger partial charge in [0.1, 0.15) is 5.75 Å². The molecule has 142 valence electrons. The standard InChI is InChI=1S/C22H27N3O2/c1-4-25-16(2)20(13-23-25)14-24-9-10-27-22(15-24)19-6-5-18-12-21(26-3)8-7-17(18)11-19/h5-8,11-13,22H,4,9-10,14-15H2,1-3H3/t22-/m1/s1. The lowest BCUT2D eigenvalue weighted by Gasteiger charge is -2.33. The van der Waals surface area contributed by atoms with Crippen LogP contribution >= 0.6 is 0 Å². The zero-order chi connectivity index (χ0) is 18.8. The quantitative estimate of drug-likeness (QED) is 0.686. The molecule has 0 aliphatic carbocycles. The molecule has 1 saturated heterocycles. The highest BCUT2D eigenvalue weighted by atomic mass is 16.5. The summed E-state index contributed by atoms with van der Waals surface area (Å²) in [5.74, 6) is 0.887. The average Bonchev–Trinajstić information content (AvgIpc) is 3.06. The monoisotopic (exact) mass is 365 g/mol. The van der Waals surface area contributed by atoms with Crippen molar-refractivity contribution < 1.29 is 9.47 Å². The van der Waals surface area contributed by atoms with Crippen LogP contribution in [0.15, 0.2) is 42.6 Å². The van der Waals surface area contributed by atoms with Crippen LogP contribution < -0.4 is 4.74 Å². The molecule has 1 aromatic heterocycles. The molecule has 3 aromatic rings. The number of aryl methyl sites for hydroxylation is 1. The Kier molecular flexibility index (Phi) is 5.14. The van der Waals surface area contributed by atoms with Gasteiger partial charge in [0.2, 0.25) is 0 Å². The summed E-state index contributed by atoms with van der Waals surface area (Å²) in [6, 6.07) is 12.8. The van der Waals surface area contributed by atoms with Gasteiger partial charge in [-0.05, 0) is 48.4 Å². The van der Waals surface area contributed by atoms with Crippen molar-refractivity contribution in [1.82, 2.24) is 14.7 Å². The predicted octanol–water partition coefficient (Wildman–Crippen LogP) is 3.95. The first-order valence-electron chi connectivity index (χ1n) is 9.61. The van der Waals surface area contributed by atoms with E-state index in [0.717, 1.165) is 38.5 Å². The summed E-state index contributed by atoms with van der Waals surface area (Å²) < 4.78 is 13.5. The molecule has 0 amide bonds. The molecule has 0 bridgehead atoms. The molecule has 1 aliphatic rings. The van der Waals surface area contributed by atoms with Gasteiger partial charge in [0.25, 0.3) is 0 Å². The van der Waals surface area contributed by atoms with E-state index in [1.54, 1.807) is 7.11 Å². The van der Waals surface area contributed by atoms with Gasteiger partial charge in [-0.3, -0.25) is 9.58 Å². The highest BCUT2D eigenvalue weighted by Gasteiger charge is 2.23. The largest absolute Gasteiger partial charge is 0.497 e. The molecule has 1 aliphatic heterocycles. The number of benzene rings is 2. The number of fused-ring (bicyclic) bond motifs is 1. The second-order valence-electron chi connectivity index (χ2n) is 7.14. The molecule has 5 nitrogen and oxygen atoms in total. The maximum Gasteiger partial charge on any atom is 0.119 e. The fourth-order valence-corrected chi connectivity index (χ4v) is 3.82. The molecule has 0 saturated carbocycles. The molecule has 0 spiro atoms. The second kappa shape index (κ2) is 7.71. The lowest BCUT2D eigenvalue weighted by Crippen LogP contribution is -2.37. The Morgan fingerprint density at radius 2 is 2.00 bits per heavy atom. The van der Waals surface area contributed by atoms with E-state index in [2.05, 4.69) is 58.9 Å². The van der Waals surface area contributed by atoms with Gasteiger partial charge in [0, 0.05) is 37.4 Å². The van der Waals surface area contributed by atoms with Crippen LogP contribution in [0.5, 0.6) is 5.75 Å². The van der Waals surface area contributed by atoms with Gasteiger partial charge in [-0.15, -0.1) is 0 Å². The summed E-state index contributed by atoms with van der Waals surface area (Å²) in [7, 11) is 1.70. The van der Waals surface area contributed by atoms with E-state index in [1.165, 1.54) is 27.6 Å². The number of hydrogen-bond donors (Lipinski definition) is 0. The van der Waals surface area contributed by atoms with Crippen molar-refractivity contribution in [3.63, 3.8) is 0 Å². The molecule has 2 aromatic carbocycles. The fourth-order valence-electron chi connectivity index (χ4n) is 3.82. The Balaban J connectivity index is 1.50. The van der Waals surface area contributed by atoms with Crippen LogP contribution in [0.2, 0.25) is 0 Å². The van der Waals surface area contributed by atoms with Crippen molar-refractivity contribution in [3.05, 3.63) is 59.4 Å². The van der Waals surface area contributed by atoms with E-state index in [1.807, 2.05) is 12.3 Å². The van der Waals surface area contributed by atoms with Crippen LogP contribution in [0, 0.1) is 6.92 Å². The van der Waals surface area contributed by atoms with E-state index in [4.69, 9.17) is 9.47 Å². The summed E-state index contributed by atoms with van der Waals surface area (Å²) in [6.45, 7) is 8.74. The van der Waals surface area contributed by atoms with Gasteiger partial charge in [-0.25, -0.2) is 0 Å². The molecule has 2 heterocycles. The minimum absolute atomic E-state index is 0.103. The lowest BCUT2D eigenvalue weighted by molar-refractivity contribution is -0.0329. The first kappa shape index (κ1) is 18.0. The third-order valence-corrected chi connectivity index (χ3v) is 5.49. The van der Waals surface area contributed by atoms with E-state index >= 15 is 0 Å². The molecule has 5 heteroatoms. The van der Waals surface area contributed by atoms with Crippen molar-refractivity contribution in [2.75, 3.05) is 26.8 Å². The third kappa shape index (κ3) is 3.70. The SMILES string of the molecule is CCn1ncc(CN2CCO[C@@H](c3ccc4cc(OC)ccc4c3)C2)c1C. The van der Waals surface area contributed by atoms with E-state index in [9.17, 15) is 0 Å². The van der Waals surface area contributed by atoms with Crippen LogP contribution in [-0.4, -0.2) is 41.5 Å². The van der Waals surface area contributed by atoms with E-state index < -0.39 is 0 Å². The van der Waals surface area contributed by atoms with Gasteiger partial charge >= 0.3 is 0 Å². The number of nitrogens with zero attached hydrogens (tertiary/aromatic N) is 3. The summed E-state index contributed by atoms with van der Waals surface area (Å²) in [6.07, 6.45) is 2.11.